The number of alkyl halides is 3. The number of hydrogen-bond donors (Lipinski definition) is 2. The number of hydrogen-bond acceptors (Lipinski definition) is 4. The highest BCUT2D eigenvalue weighted by Gasteiger charge is 2.31. The average molecular weight is 345 g/mol. The van der Waals surface area contributed by atoms with E-state index in [1.165, 1.54) is 12.4 Å². The Morgan fingerprint density at radius 2 is 1.87 bits per heavy atom. The number of aromatic nitrogens is 2. The van der Waals surface area contributed by atoms with Crippen LogP contribution in [0.2, 0.25) is 5.02 Å². The van der Waals surface area contributed by atoms with Crippen molar-refractivity contribution in [3.05, 3.63) is 41.2 Å². The van der Waals surface area contributed by atoms with Crippen molar-refractivity contribution < 1.29 is 13.2 Å². The zero-order chi connectivity index (χ0) is 17.0. The molecule has 0 fully saturated rings. The van der Waals surface area contributed by atoms with E-state index in [0.29, 0.717) is 11.6 Å². The molecule has 2 aromatic rings. The van der Waals surface area contributed by atoms with Gasteiger partial charge < -0.3 is 10.6 Å². The SMILES string of the molecule is CCC(C)Nc1cc(Nc2cc(C(F)(F)F)ccc2Cl)ncn1. The molecule has 23 heavy (non-hydrogen) atoms. The minimum atomic E-state index is -4.43. The first-order valence-corrected chi connectivity index (χ1v) is 7.39. The Hall–Kier alpha value is -2.02. The average Bonchev–Trinajstić information content (AvgIpc) is 2.48. The minimum Gasteiger partial charge on any atom is -0.367 e. The number of anilines is 3. The van der Waals surface area contributed by atoms with Crippen LogP contribution >= 0.6 is 11.6 Å². The summed E-state index contributed by atoms with van der Waals surface area (Å²) in [6, 6.07) is 4.92. The molecule has 0 amide bonds. The zero-order valence-electron chi connectivity index (χ0n) is 12.6. The summed E-state index contributed by atoms with van der Waals surface area (Å²) in [4.78, 5) is 8.07. The van der Waals surface area contributed by atoms with E-state index in [1.54, 1.807) is 6.07 Å². The van der Waals surface area contributed by atoms with Gasteiger partial charge in [-0.05, 0) is 31.5 Å². The highest BCUT2D eigenvalue weighted by molar-refractivity contribution is 6.33. The van der Waals surface area contributed by atoms with Crippen molar-refractivity contribution in [1.82, 2.24) is 9.97 Å². The van der Waals surface area contributed by atoms with Gasteiger partial charge in [0.15, 0.2) is 0 Å². The predicted octanol–water partition coefficient (Wildman–Crippen LogP) is 5.10. The van der Waals surface area contributed by atoms with Crippen LogP contribution in [0.1, 0.15) is 25.8 Å². The lowest BCUT2D eigenvalue weighted by atomic mass is 10.2. The quantitative estimate of drug-likeness (QED) is 0.792. The molecule has 2 N–H and O–H groups in total. The lowest BCUT2D eigenvalue weighted by Gasteiger charge is -2.14. The Balaban J connectivity index is 2.24. The van der Waals surface area contributed by atoms with Crippen LogP contribution in [0.15, 0.2) is 30.6 Å². The van der Waals surface area contributed by atoms with Crippen LogP contribution in [0.5, 0.6) is 0 Å². The van der Waals surface area contributed by atoms with Gasteiger partial charge >= 0.3 is 6.18 Å². The van der Waals surface area contributed by atoms with Crippen molar-refractivity contribution in [3.8, 4) is 0 Å². The Bertz CT molecular complexity index is 676. The first-order chi connectivity index (χ1) is 10.8. The Morgan fingerprint density at radius 3 is 2.52 bits per heavy atom. The maximum Gasteiger partial charge on any atom is 0.416 e. The zero-order valence-corrected chi connectivity index (χ0v) is 13.3. The third kappa shape index (κ3) is 4.72. The van der Waals surface area contributed by atoms with Crippen molar-refractivity contribution in [2.75, 3.05) is 10.6 Å². The van der Waals surface area contributed by atoms with Crippen LogP contribution in [0.3, 0.4) is 0 Å². The summed E-state index contributed by atoms with van der Waals surface area (Å²) in [6.07, 6.45) is -2.20. The molecule has 1 heterocycles. The summed E-state index contributed by atoms with van der Waals surface area (Å²) in [5, 5.41) is 6.13. The van der Waals surface area contributed by atoms with Gasteiger partial charge in [0.25, 0.3) is 0 Å². The summed E-state index contributed by atoms with van der Waals surface area (Å²) in [5.74, 6) is 0.937. The summed E-state index contributed by atoms with van der Waals surface area (Å²) < 4.78 is 38.3. The molecule has 0 spiro atoms. The first-order valence-electron chi connectivity index (χ1n) is 7.02. The second-order valence-electron chi connectivity index (χ2n) is 5.06. The maximum absolute atomic E-state index is 12.8. The molecule has 4 nitrogen and oxygen atoms in total. The fourth-order valence-corrected chi connectivity index (χ4v) is 1.96. The fourth-order valence-electron chi connectivity index (χ4n) is 1.79. The smallest absolute Gasteiger partial charge is 0.367 e. The third-order valence-corrected chi connectivity index (χ3v) is 3.56. The molecule has 0 aliphatic heterocycles. The van der Waals surface area contributed by atoms with Crippen LogP contribution in [-0.4, -0.2) is 16.0 Å². The van der Waals surface area contributed by atoms with Gasteiger partial charge in [-0.15, -0.1) is 0 Å². The molecule has 1 aromatic heterocycles. The van der Waals surface area contributed by atoms with Gasteiger partial charge in [0.1, 0.15) is 18.0 Å². The number of nitrogens with zero attached hydrogens (tertiary/aromatic N) is 2. The minimum absolute atomic E-state index is 0.134. The summed E-state index contributed by atoms with van der Waals surface area (Å²) in [7, 11) is 0. The summed E-state index contributed by atoms with van der Waals surface area (Å²) >= 11 is 5.95. The van der Waals surface area contributed by atoms with Gasteiger partial charge in [-0.3, -0.25) is 0 Å². The van der Waals surface area contributed by atoms with Crippen molar-refractivity contribution >= 4 is 28.9 Å². The molecule has 1 aromatic carbocycles. The molecular weight excluding hydrogens is 329 g/mol. The van der Waals surface area contributed by atoms with Gasteiger partial charge in [0.05, 0.1) is 16.3 Å². The second kappa shape index (κ2) is 7.04. The van der Waals surface area contributed by atoms with E-state index in [2.05, 4.69) is 20.6 Å². The molecule has 0 bridgehead atoms. The number of rotatable bonds is 5. The Morgan fingerprint density at radius 1 is 1.17 bits per heavy atom. The fraction of sp³-hybridized carbons (Fsp3) is 0.333. The number of halogens is 4. The predicted molar refractivity (Wildman–Crippen MR) is 85.1 cm³/mol. The van der Waals surface area contributed by atoms with E-state index in [9.17, 15) is 13.2 Å². The van der Waals surface area contributed by atoms with Gasteiger partial charge in [-0.2, -0.15) is 13.2 Å². The molecular formula is C15H16ClF3N4. The lowest BCUT2D eigenvalue weighted by molar-refractivity contribution is -0.137. The van der Waals surface area contributed by atoms with Crippen molar-refractivity contribution in [3.63, 3.8) is 0 Å². The summed E-state index contributed by atoms with van der Waals surface area (Å²) in [6.45, 7) is 4.03. The van der Waals surface area contributed by atoms with Crippen LogP contribution in [0, 0.1) is 0 Å². The van der Waals surface area contributed by atoms with Crippen LogP contribution in [-0.2, 0) is 6.18 Å². The van der Waals surface area contributed by atoms with E-state index in [-0.39, 0.29) is 16.8 Å². The van der Waals surface area contributed by atoms with Crippen LogP contribution in [0.25, 0.3) is 0 Å². The van der Waals surface area contributed by atoms with E-state index in [0.717, 1.165) is 18.6 Å². The highest BCUT2D eigenvalue weighted by Crippen LogP contribution is 2.34. The second-order valence-corrected chi connectivity index (χ2v) is 5.47. The van der Waals surface area contributed by atoms with E-state index in [1.807, 2.05) is 13.8 Å². The van der Waals surface area contributed by atoms with E-state index >= 15 is 0 Å². The van der Waals surface area contributed by atoms with Gasteiger partial charge in [-0.25, -0.2) is 9.97 Å². The Labute approximate surface area is 137 Å². The number of benzene rings is 1. The number of nitrogens with one attached hydrogen (secondary N) is 2. The molecule has 0 aliphatic rings. The standard InChI is InChI=1S/C15H16ClF3N4/c1-3-9(2)22-13-7-14(21-8-20-13)23-12-6-10(15(17,18)19)4-5-11(12)16/h4-9H,3H2,1-2H3,(H2,20,21,22,23). The summed E-state index contributed by atoms with van der Waals surface area (Å²) in [5.41, 5.74) is -0.647. The molecule has 0 aliphatic carbocycles. The molecule has 124 valence electrons. The van der Waals surface area contributed by atoms with E-state index in [4.69, 9.17) is 11.6 Å². The van der Waals surface area contributed by atoms with Gasteiger partial charge in [-0.1, -0.05) is 18.5 Å². The lowest BCUT2D eigenvalue weighted by Crippen LogP contribution is -2.14. The maximum atomic E-state index is 12.8. The van der Waals surface area contributed by atoms with Crippen molar-refractivity contribution in [1.29, 1.82) is 0 Å². The van der Waals surface area contributed by atoms with Crippen molar-refractivity contribution in [2.24, 2.45) is 0 Å². The van der Waals surface area contributed by atoms with Crippen LogP contribution < -0.4 is 10.6 Å². The van der Waals surface area contributed by atoms with Crippen LogP contribution in [0.4, 0.5) is 30.5 Å². The monoisotopic (exact) mass is 344 g/mol. The largest absolute Gasteiger partial charge is 0.416 e. The normalized spacial score (nSPS) is 12.8. The Kier molecular flexibility index (Phi) is 5.30. The van der Waals surface area contributed by atoms with Crippen molar-refractivity contribution in [2.45, 2.75) is 32.5 Å². The molecule has 1 atom stereocenters. The molecule has 2 rings (SSSR count). The first kappa shape index (κ1) is 17.3. The van der Waals surface area contributed by atoms with Gasteiger partial charge in [0, 0.05) is 12.1 Å². The van der Waals surface area contributed by atoms with Gasteiger partial charge in [0.2, 0.25) is 0 Å². The molecule has 0 saturated heterocycles. The third-order valence-electron chi connectivity index (χ3n) is 3.23. The topological polar surface area (TPSA) is 49.8 Å². The highest BCUT2D eigenvalue weighted by atomic mass is 35.5. The molecule has 0 saturated carbocycles. The van der Waals surface area contributed by atoms with E-state index < -0.39 is 11.7 Å². The molecule has 8 heteroatoms. The molecule has 0 radical (unpaired) electrons. The molecule has 1 unspecified atom stereocenters.